The van der Waals surface area contributed by atoms with Crippen molar-refractivity contribution < 1.29 is 0 Å². The molecule has 1 aliphatic heterocycles. The molecule has 1 N–H and O–H groups in total. The minimum atomic E-state index is 0.481. The fourth-order valence-corrected chi connectivity index (χ4v) is 4.45. The molecular formula is C13H21N3S2. The van der Waals surface area contributed by atoms with Crippen LogP contribution in [0.2, 0.25) is 0 Å². The zero-order chi connectivity index (χ0) is 12.8. The Morgan fingerprint density at radius 1 is 1.44 bits per heavy atom. The summed E-state index contributed by atoms with van der Waals surface area (Å²) in [6.45, 7) is 6.18. The standard InChI is InChI=1S/C13H21N3S2/c1-3-4-14-8-11-10(2)7-15-13(16-11)12-9-17-5-6-18-12/h7,12,14H,3-6,8-9H2,1-2H3. The Kier molecular flexibility index (Phi) is 5.79. The Labute approximate surface area is 118 Å². The van der Waals surface area contributed by atoms with Crippen LogP contribution in [0.4, 0.5) is 0 Å². The molecule has 0 aromatic carbocycles. The lowest BCUT2D eigenvalue weighted by Crippen LogP contribution is -2.18. The molecule has 0 amide bonds. The number of nitrogens with one attached hydrogen (secondary N) is 1. The van der Waals surface area contributed by atoms with Crippen molar-refractivity contribution in [3.05, 3.63) is 23.3 Å². The van der Waals surface area contributed by atoms with Gasteiger partial charge in [-0.2, -0.15) is 11.8 Å². The molecule has 0 aliphatic carbocycles. The van der Waals surface area contributed by atoms with Crippen molar-refractivity contribution in [3.8, 4) is 0 Å². The van der Waals surface area contributed by atoms with E-state index >= 15 is 0 Å². The van der Waals surface area contributed by atoms with E-state index < -0.39 is 0 Å². The number of hydrogen-bond donors (Lipinski definition) is 1. The first-order chi connectivity index (χ1) is 8.81. The molecule has 0 bridgehead atoms. The molecule has 1 unspecified atom stereocenters. The summed E-state index contributed by atoms with van der Waals surface area (Å²) in [5.41, 5.74) is 2.35. The molecule has 1 saturated heterocycles. The second-order valence-corrected chi connectivity index (χ2v) is 6.93. The fraction of sp³-hybridized carbons (Fsp3) is 0.692. The van der Waals surface area contributed by atoms with Crippen LogP contribution >= 0.6 is 23.5 Å². The van der Waals surface area contributed by atoms with E-state index in [-0.39, 0.29) is 0 Å². The number of hydrogen-bond acceptors (Lipinski definition) is 5. The van der Waals surface area contributed by atoms with Gasteiger partial charge in [-0.1, -0.05) is 6.92 Å². The Morgan fingerprint density at radius 3 is 3.06 bits per heavy atom. The topological polar surface area (TPSA) is 37.8 Å². The van der Waals surface area contributed by atoms with Gasteiger partial charge >= 0.3 is 0 Å². The molecule has 1 aromatic rings. The highest BCUT2D eigenvalue weighted by atomic mass is 32.2. The summed E-state index contributed by atoms with van der Waals surface area (Å²) >= 11 is 4.01. The lowest BCUT2D eigenvalue weighted by atomic mass is 10.2. The van der Waals surface area contributed by atoms with Gasteiger partial charge in [-0.25, -0.2) is 9.97 Å². The molecule has 0 radical (unpaired) electrons. The third-order valence-electron chi connectivity index (χ3n) is 2.92. The van der Waals surface area contributed by atoms with Gasteiger partial charge in [0.25, 0.3) is 0 Å². The van der Waals surface area contributed by atoms with Gasteiger partial charge in [-0.3, -0.25) is 0 Å². The van der Waals surface area contributed by atoms with Crippen LogP contribution in [0.5, 0.6) is 0 Å². The van der Waals surface area contributed by atoms with E-state index in [4.69, 9.17) is 4.98 Å². The molecule has 1 atom stereocenters. The maximum atomic E-state index is 4.76. The highest BCUT2D eigenvalue weighted by Gasteiger charge is 2.19. The first-order valence-corrected chi connectivity index (χ1v) is 8.74. The number of aromatic nitrogens is 2. The predicted octanol–water partition coefficient (Wildman–Crippen LogP) is 2.81. The summed E-state index contributed by atoms with van der Waals surface area (Å²) in [5.74, 6) is 4.65. The average Bonchev–Trinajstić information content (AvgIpc) is 2.42. The van der Waals surface area contributed by atoms with Crippen molar-refractivity contribution in [1.29, 1.82) is 0 Å². The zero-order valence-corrected chi connectivity index (χ0v) is 12.7. The largest absolute Gasteiger partial charge is 0.311 e. The van der Waals surface area contributed by atoms with Crippen molar-refractivity contribution in [2.24, 2.45) is 0 Å². The summed E-state index contributed by atoms with van der Waals surface area (Å²) in [4.78, 5) is 9.28. The second-order valence-electron chi connectivity index (χ2n) is 4.47. The summed E-state index contributed by atoms with van der Waals surface area (Å²) < 4.78 is 0. The van der Waals surface area contributed by atoms with Crippen LogP contribution in [0, 0.1) is 6.92 Å². The molecule has 1 aliphatic rings. The molecule has 1 fully saturated rings. The quantitative estimate of drug-likeness (QED) is 0.841. The highest BCUT2D eigenvalue weighted by Crippen LogP contribution is 2.34. The Hall–Kier alpha value is -0.260. The van der Waals surface area contributed by atoms with Gasteiger partial charge in [0.1, 0.15) is 5.82 Å². The van der Waals surface area contributed by atoms with Crippen molar-refractivity contribution in [3.63, 3.8) is 0 Å². The molecule has 18 heavy (non-hydrogen) atoms. The van der Waals surface area contributed by atoms with Crippen LogP contribution in [-0.4, -0.2) is 33.8 Å². The van der Waals surface area contributed by atoms with E-state index in [1.54, 1.807) is 0 Å². The third kappa shape index (κ3) is 3.87. The third-order valence-corrected chi connectivity index (χ3v) is 5.67. The maximum Gasteiger partial charge on any atom is 0.142 e. The first kappa shape index (κ1) is 14.2. The van der Waals surface area contributed by atoms with Gasteiger partial charge in [0.05, 0.1) is 10.9 Å². The van der Waals surface area contributed by atoms with Crippen molar-refractivity contribution >= 4 is 23.5 Å². The van der Waals surface area contributed by atoms with Crippen LogP contribution in [0.3, 0.4) is 0 Å². The molecule has 0 saturated carbocycles. The molecule has 3 nitrogen and oxygen atoms in total. The summed E-state index contributed by atoms with van der Waals surface area (Å²) in [6, 6.07) is 0. The Bertz CT molecular complexity index is 378. The predicted molar refractivity (Wildman–Crippen MR) is 81.3 cm³/mol. The molecule has 1 aromatic heterocycles. The smallest absolute Gasteiger partial charge is 0.142 e. The average molecular weight is 283 g/mol. The van der Waals surface area contributed by atoms with Crippen LogP contribution in [0.1, 0.15) is 35.7 Å². The van der Waals surface area contributed by atoms with E-state index in [1.165, 1.54) is 17.1 Å². The van der Waals surface area contributed by atoms with Crippen LogP contribution in [0.25, 0.3) is 0 Å². The number of rotatable bonds is 5. The van der Waals surface area contributed by atoms with Gasteiger partial charge in [0.2, 0.25) is 0 Å². The van der Waals surface area contributed by atoms with Crippen molar-refractivity contribution in [2.75, 3.05) is 23.8 Å². The summed E-state index contributed by atoms with van der Waals surface area (Å²) in [5, 5.41) is 3.90. The van der Waals surface area contributed by atoms with Gasteiger partial charge in [0.15, 0.2) is 0 Å². The monoisotopic (exact) mass is 283 g/mol. The second kappa shape index (κ2) is 7.36. The Balaban J connectivity index is 2.04. The minimum absolute atomic E-state index is 0.481. The van der Waals surface area contributed by atoms with Gasteiger partial charge in [-0.15, -0.1) is 11.8 Å². The lowest BCUT2D eigenvalue weighted by Gasteiger charge is -2.20. The minimum Gasteiger partial charge on any atom is -0.311 e. The van der Waals surface area contributed by atoms with Gasteiger partial charge in [-0.05, 0) is 25.5 Å². The molecule has 2 rings (SSSR count). The number of aryl methyl sites for hydroxylation is 1. The van der Waals surface area contributed by atoms with Crippen LogP contribution in [0.15, 0.2) is 6.20 Å². The van der Waals surface area contributed by atoms with E-state index in [2.05, 4.69) is 24.1 Å². The van der Waals surface area contributed by atoms with E-state index in [9.17, 15) is 0 Å². The molecular weight excluding hydrogens is 262 g/mol. The fourth-order valence-electron chi connectivity index (χ4n) is 1.85. The van der Waals surface area contributed by atoms with E-state index in [0.29, 0.717) is 5.25 Å². The van der Waals surface area contributed by atoms with Crippen LogP contribution < -0.4 is 5.32 Å². The lowest BCUT2D eigenvalue weighted by molar-refractivity contribution is 0.655. The molecule has 5 heteroatoms. The molecule has 0 spiro atoms. The summed E-state index contributed by atoms with van der Waals surface area (Å²) in [6.07, 6.45) is 3.14. The number of nitrogens with zero attached hydrogens (tertiary/aromatic N) is 2. The number of thioether (sulfide) groups is 2. The van der Waals surface area contributed by atoms with Gasteiger partial charge < -0.3 is 5.32 Å². The van der Waals surface area contributed by atoms with Gasteiger partial charge in [0, 0.05) is 30.0 Å². The SMILES string of the molecule is CCCNCc1nc(C2CSCCS2)ncc1C. The zero-order valence-electron chi connectivity index (χ0n) is 11.1. The first-order valence-electron chi connectivity index (χ1n) is 6.53. The molecule has 100 valence electrons. The Morgan fingerprint density at radius 2 is 2.33 bits per heavy atom. The highest BCUT2D eigenvalue weighted by molar-refractivity contribution is 8.06. The normalized spacial score (nSPS) is 20.0. The van der Waals surface area contributed by atoms with E-state index in [1.807, 2.05) is 29.7 Å². The van der Waals surface area contributed by atoms with Crippen molar-refractivity contribution in [2.45, 2.75) is 32.1 Å². The van der Waals surface area contributed by atoms with Crippen LogP contribution in [-0.2, 0) is 6.54 Å². The molecule has 2 heterocycles. The summed E-state index contributed by atoms with van der Waals surface area (Å²) in [7, 11) is 0. The van der Waals surface area contributed by atoms with Crippen molar-refractivity contribution in [1.82, 2.24) is 15.3 Å². The maximum absolute atomic E-state index is 4.76. The van der Waals surface area contributed by atoms with E-state index in [0.717, 1.165) is 36.8 Å².